The fourth-order valence-electron chi connectivity index (χ4n) is 2.10. The molecule has 0 aromatic heterocycles. The molecule has 110 valence electrons. The molecule has 0 radical (unpaired) electrons. The first kappa shape index (κ1) is 14.0. The zero-order valence-electron chi connectivity index (χ0n) is 11.3. The van der Waals surface area contributed by atoms with Crippen LogP contribution in [0.3, 0.4) is 0 Å². The minimum atomic E-state index is -0.750. The van der Waals surface area contributed by atoms with Crippen molar-refractivity contribution in [2.24, 2.45) is 0 Å². The number of ether oxygens (including phenoxy) is 3. The molecule has 1 aliphatic rings. The van der Waals surface area contributed by atoms with E-state index in [2.05, 4.69) is 0 Å². The quantitative estimate of drug-likeness (QED) is 0.942. The molecule has 0 saturated heterocycles. The monoisotopic (exact) mass is 306 g/mol. The van der Waals surface area contributed by atoms with Crippen molar-refractivity contribution in [2.45, 2.75) is 6.10 Å². The first-order chi connectivity index (χ1) is 10.2. The van der Waals surface area contributed by atoms with Crippen LogP contribution >= 0.6 is 11.6 Å². The second-order valence-corrected chi connectivity index (χ2v) is 5.12. The third-order valence-corrected chi connectivity index (χ3v) is 3.39. The van der Waals surface area contributed by atoms with Crippen molar-refractivity contribution in [1.82, 2.24) is 0 Å². The van der Waals surface area contributed by atoms with E-state index in [0.717, 1.165) is 5.56 Å². The van der Waals surface area contributed by atoms with Crippen molar-refractivity contribution in [2.75, 3.05) is 19.8 Å². The van der Waals surface area contributed by atoms with Gasteiger partial charge in [-0.15, -0.1) is 0 Å². The first-order valence-corrected chi connectivity index (χ1v) is 7.06. The summed E-state index contributed by atoms with van der Waals surface area (Å²) in [5.41, 5.74) is 0.723. The van der Waals surface area contributed by atoms with Gasteiger partial charge < -0.3 is 19.3 Å². The molecule has 0 spiro atoms. The van der Waals surface area contributed by atoms with Crippen molar-refractivity contribution in [3.63, 3.8) is 0 Å². The number of benzene rings is 2. The van der Waals surface area contributed by atoms with E-state index in [1.165, 1.54) is 0 Å². The molecular formula is C16H15ClO4. The van der Waals surface area contributed by atoms with E-state index < -0.39 is 6.10 Å². The van der Waals surface area contributed by atoms with Crippen LogP contribution in [0.2, 0.25) is 5.02 Å². The molecule has 0 saturated carbocycles. The van der Waals surface area contributed by atoms with Crippen molar-refractivity contribution < 1.29 is 19.3 Å². The Labute approximate surface area is 127 Å². The zero-order valence-corrected chi connectivity index (χ0v) is 12.0. The van der Waals surface area contributed by atoms with Crippen molar-refractivity contribution in [3.05, 3.63) is 53.1 Å². The van der Waals surface area contributed by atoms with E-state index in [-0.39, 0.29) is 6.61 Å². The van der Waals surface area contributed by atoms with E-state index in [4.69, 9.17) is 25.8 Å². The molecule has 0 amide bonds. The second-order valence-electron chi connectivity index (χ2n) is 4.69. The number of aliphatic hydroxyl groups excluding tert-OH is 1. The normalized spacial score (nSPS) is 14.6. The molecule has 1 atom stereocenters. The van der Waals surface area contributed by atoms with Crippen molar-refractivity contribution in [3.8, 4) is 17.2 Å². The Morgan fingerprint density at radius 3 is 2.71 bits per heavy atom. The van der Waals surface area contributed by atoms with Gasteiger partial charge in [0.05, 0.1) is 0 Å². The van der Waals surface area contributed by atoms with Crippen LogP contribution in [0.25, 0.3) is 0 Å². The molecule has 1 N–H and O–H groups in total. The van der Waals surface area contributed by atoms with Crippen LogP contribution in [0.4, 0.5) is 0 Å². The molecule has 3 rings (SSSR count). The van der Waals surface area contributed by atoms with E-state index in [9.17, 15) is 5.11 Å². The molecule has 1 aliphatic heterocycles. The third kappa shape index (κ3) is 3.40. The van der Waals surface area contributed by atoms with E-state index in [1.807, 2.05) is 0 Å². The maximum atomic E-state index is 10.2. The highest BCUT2D eigenvalue weighted by Crippen LogP contribution is 2.32. The second kappa shape index (κ2) is 6.24. The number of rotatable bonds is 4. The number of halogens is 1. The largest absolute Gasteiger partial charge is 0.490 e. The van der Waals surface area contributed by atoms with Gasteiger partial charge in [-0.2, -0.15) is 0 Å². The van der Waals surface area contributed by atoms with Crippen LogP contribution in [-0.4, -0.2) is 24.9 Å². The van der Waals surface area contributed by atoms with Gasteiger partial charge in [0.25, 0.3) is 0 Å². The van der Waals surface area contributed by atoms with Gasteiger partial charge >= 0.3 is 0 Å². The van der Waals surface area contributed by atoms with Gasteiger partial charge in [0.2, 0.25) is 0 Å². The van der Waals surface area contributed by atoms with Gasteiger partial charge in [0.1, 0.15) is 31.7 Å². The molecule has 5 heteroatoms. The lowest BCUT2D eigenvalue weighted by Crippen LogP contribution is -2.16. The fraction of sp³-hybridized carbons (Fsp3) is 0.250. The molecule has 0 fully saturated rings. The van der Waals surface area contributed by atoms with Crippen LogP contribution in [-0.2, 0) is 0 Å². The third-order valence-electron chi connectivity index (χ3n) is 3.15. The van der Waals surface area contributed by atoms with Crippen LogP contribution < -0.4 is 14.2 Å². The Morgan fingerprint density at radius 2 is 1.90 bits per heavy atom. The Bertz CT molecular complexity index is 629. The van der Waals surface area contributed by atoms with Crippen LogP contribution in [0.5, 0.6) is 17.2 Å². The van der Waals surface area contributed by atoms with Crippen LogP contribution in [0, 0.1) is 0 Å². The summed E-state index contributed by atoms with van der Waals surface area (Å²) in [4.78, 5) is 0. The summed E-state index contributed by atoms with van der Waals surface area (Å²) in [6, 6.07) is 12.5. The Morgan fingerprint density at radius 1 is 1.10 bits per heavy atom. The highest BCUT2D eigenvalue weighted by molar-refractivity contribution is 6.30. The summed E-state index contributed by atoms with van der Waals surface area (Å²) in [5, 5.41) is 10.8. The smallest absolute Gasteiger partial charge is 0.161 e. The fourth-order valence-corrected chi connectivity index (χ4v) is 2.28. The number of hydrogen-bond acceptors (Lipinski definition) is 4. The lowest BCUT2D eigenvalue weighted by molar-refractivity contribution is 0.107. The minimum Gasteiger partial charge on any atom is -0.490 e. The van der Waals surface area contributed by atoms with Gasteiger partial charge in [-0.1, -0.05) is 23.7 Å². The Hall–Kier alpha value is -1.91. The summed E-state index contributed by atoms with van der Waals surface area (Å²) >= 11 is 5.88. The lowest BCUT2D eigenvalue weighted by atomic mass is 10.1. The predicted molar refractivity (Wildman–Crippen MR) is 79.3 cm³/mol. The lowest BCUT2D eigenvalue weighted by Gasteiger charge is -2.20. The summed E-state index contributed by atoms with van der Waals surface area (Å²) in [6.45, 7) is 1.21. The molecule has 4 nitrogen and oxygen atoms in total. The first-order valence-electron chi connectivity index (χ1n) is 6.68. The molecule has 1 heterocycles. The number of fused-ring (bicyclic) bond motifs is 1. The number of aliphatic hydroxyl groups is 1. The average molecular weight is 307 g/mol. The highest BCUT2D eigenvalue weighted by Gasteiger charge is 2.15. The standard InChI is InChI=1S/C16H15ClO4/c17-12-2-1-3-13(9-12)21-10-14(18)11-4-5-15-16(8-11)20-7-6-19-15/h1-5,8-9,14,18H,6-7,10H2. The molecule has 2 aromatic rings. The van der Waals surface area contributed by atoms with Crippen molar-refractivity contribution in [1.29, 1.82) is 0 Å². The summed E-state index contributed by atoms with van der Waals surface area (Å²) in [7, 11) is 0. The SMILES string of the molecule is OC(COc1cccc(Cl)c1)c1ccc2c(c1)OCCO2. The summed E-state index contributed by atoms with van der Waals surface area (Å²) < 4.78 is 16.5. The molecular weight excluding hydrogens is 292 g/mol. The predicted octanol–water partition coefficient (Wildman–Crippen LogP) is 3.22. The highest BCUT2D eigenvalue weighted by atomic mass is 35.5. The van der Waals surface area contributed by atoms with E-state index in [0.29, 0.717) is 35.5 Å². The maximum Gasteiger partial charge on any atom is 0.161 e. The van der Waals surface area contributed by atoms with Gasteiger partial charge in [-0.3, -0.25) is 0 Å². The summed E-state index contributed by atoms with van der Waals surface area (Å²) in [5.74, 6) is 1.98. The topological polar surface area (TPSA) is 47.9 Å². The van der Waals surface area contributed by atoms with Gasteiger partial charge in [0, 0.05) is 5.02 Å². The van der Waals surface area contributed by atoms with Gasteiger partial charge in [-0.05, 0) is 35.9 Å². The van der Waals surface area contributed by atoms with Gasteiger partial charge in [-0.25, -0.2) is 0 Å². The van der Waals surface area contributed by atoms with Crippen LogP contribution in [0.1, 0.15) is 11.7 Å². The zero-order chi connectivity index (χ0) is 14.7. The molecule has 0 aliphatic carbocycles. The van der Waals surface area contributed by atoms with Crippen molar-refractivity contribution >= 4 is 11.6 Å². The van der Waals surface area contributed by atoms with Crippen LogP contribution in [0.15, 0.2) is 42.5 Å². The molecule has 2 aromatic carbocycles. The number of hydrogen-bond donors (Lipinski definition) is 1. The molecule has 21 heavy (non-hydrogen) atoms. The maximum absolute atomic E-state index is 10.2. The Balaban J connectivity index is 1.66. The molecule has 1 unspecified atom stereocenters. The Kier molecular flexibility index (Phi) is 4.18. The van der Waals surface area contributed by atoms with E-state index >= 15 is 0 Å². The molecule has 0 bridgehead atoms. The van der Waals surface area contributed by atoms with E-state index in [1.54, 1.807) is 42.5 Å². The summed E-state index contributed by atoms with van der Waals surface area (Å²) in [6.07, 6.45) is -0.750. The minimum absolute atomic E-state index is 0.139. The average Bonchev–Trinajstić information content (AvgIpc) is 2.52. The van der Waals surface area contributed by atoms with Gasteiger partial charge in [0.15, 0.2) is 11.5 Å².